The summed E-state index contributed by atoms with van der Waals surface area (Å²) in [4.78, 5) is 0.0375. The fourth-order valence-corrected chi connectivity index (χ4v) is 5.17. The Hall–Kier alpha value is -2.06. The van der Waals surface area contributed by atoms with Crippen molar-refractivity contribution in [3.63, 3.8) is 0 Å². The highest BCUT2D eigenvalue weighted by Gasteiger charge is 2.34. The largest absolute Gasteiger partial charge is 0.495 e. The van der Waals surface area contributed by atoms with Crippen LogP contribution in [0, 0.1) is 0 Å². The minimum atomic E-state index is -3.82. The molecule has 2 aromatic carbocycles. The Labute approximate surface area is 172 Å². The van der Waals surface area contributed by atoms with Crippen LogP contribution in [0.4, 0.5) is 0 Å². The molecule has 146 valence electrons. The summed E-state index contributed by atoms with van der Waals surface area (Å²) in [6, 6.07) is 11.7. The number of hydrogen-bond donors (Lipinski definition) is 0. The zero-order chi connectivity index (χ0) is 19.9. The lowest BCUT2D eigenvalue weighted by Crippen LogP contribution is -2.36. The highest BCUT2D eigenvalue weighted by atomic mass is 35.5. The molecule has 0 N–H and O–H groups in total. The van der Waals surface area contributed by atoms with Gasteiger partial charge < -0.3 is 9.26 Å². The van der Waals surface area contributed by atoms with E-state index < -0.39 is 10.0 Å². The van der Waals surface area contributed by atoms with E-state index in [4.69, 9.17) is 32.5 Å². The Morgan fingerprint density at radius 3 is 2.54 bits per heavy atom. The van der Waals surface area contributed by atoms with E-state index in [0.717, 1.165) is 16.8 Å². The van der Waals surface area contributed by atoms with E-state index in [1.165, 1.54) is 17.5 Å². The number of methoxy groups -OCH3 is 1. The van der Waals surface area contributed by atoms with Crippen LogP contribution in [-0.4, -0.2) is 31.5 Å². The molecule has 4 rings (SSSR count). The van der Waals surface area contributed by atoms with Crippen LogP contribution in [0.5, 0.6) is 5.75 Å². The van der Waals surface area contributed by atoms with Crippen molar-refractivity contribution in [2.45, 2.75) is 17.9 Å². The lowest BCUT2D eigenvalue weighted by atomic mass is 10.0. The highest BCUT2D eigenvalue weighted by molar-refractivity contribution is 7.89. The van der Waals surface area contributed by atoms with Crippen LogP contribution < -0.4 is 4.74 Å². The van der Waals surface area contributed by atoms with Crippen LogP contribution >= 0.6 is 23.2 Å². The molecule has 1 aromatic heterocycles. The Kier molecular flexibility index (Phi) is 5.09. The SMILES string of the molecule is COc1ccc(Cl)cc1S(=O)(=O)N1CCc2noc(-c3ccc(Cl)cc3)c2C1. The maximum atomic E-state index is 13.3. The first kappa shape index (κ1) is 19.3. The van der Waals surface area contributed by atoms with Gasteiger partial charge in [0, 0.05) is 40.7 Å². The molecule has 3 aromatic rings. The molecule has 0 aliphatic carbocycles. The fraction of sp³-hybridized carbons (Fsp3) is 0.211. The topological polar surface area (TPSA) is 72.6 Å². The number of ether oxygens (including phenoxy) is 1. The number of nitrogens with zero attached hydrogens (tertiary/aromatic N) is 2. The van der Waals surface area contributed by atoms with Gasteiger partial charge in [-0.3, -0.25) is 0 Å². The molecule has 0 bridgehead atoms. The molecule has 0 radical (unpaired) electrons. The van der Waals surface area contributed by atoms with Crippen molar-refractivity contribution >= 4 is 33.2 Å². The second-order valence-corrected chi connectivity index (χ2v) is 9.11. The molecule has 0 saturated heterocycles. The number of rotatable bonds is 4. The van der Waals surface area contributed by atoms with Crippen molar-refractivity contribution in [2.75, 3.05) is 13.7 Å². The third-order valence-electron chi connectivity index (χ3n) is 4.65. The average molecular weight is 439 g/mol. The van der Waals surface area contributed by atoms with E-state index in [-0.39, 0.29) is 23.7 Å². The van der Waals surface area contributed by atoms with E-state index in [9.17, 15) is 8.42 Å². The van der Waals surface area contributed by atoms with Crippen molar-refractivity contribution in [1.82, 2.24) is 9.46 Å². The Morgan fingerprint density at radius 2 is 1.82 bits per heavy atom. The summed E-state index contributed by atoms with van der Waals surface area (Å²) in [6.45, 7) is 0.437. The normalized spacial score (nSPS) is 14.7. The summed E-state index contributed by atoms with van der Waals surface area (Å²) in [6.07, 6.45) is 0.453. The van der Waals surface area contributed by atoms with Gasteiger partial charge in [-0.25, -0.2) is 8.42 Å². The molecule has 0 unspecified atom stereocenters. The summed E-state index contributed by atoms with van der Waals surface area (Å²) >= 11 is 12.0. The molecule has 0 atom stereocenters. The van der Waals surface area contributed by atoms with Gasteiger partial charge in [0.1, 0.15) is 10.6 Å². The van der Waals surface area contributed by atoms with Crippen molar-refractivity contribution in [2.24, 2.45) is 0 Å². The van der Waals surface area contributed by atoms with Gasteiger partial charge in [0.25, 0.3) is 0 Å². The molecule has 28 heavy (non-hydrogen) atoms. The summed E-state index contributed by atoms with van der Waals surface area (Å²) in [7, 11) is -2.39. The van der Waals surface area contributed by atoms with E-state index in [1.54, 1.807) is 24.3 Å². The van der Waals surface area contributed by atoms with Gasteiger partial charge in [-0.15, -0.1) is 0 Å². The van der Waals surface area contributed by atoms with Crippen molar-refractivity contribution in [3.05, 3.63) is 63.8 Å². The molecular formula is C19H16Cl2N2O4S. The second-order valence-electron chi connectivity index (χ2n) is 6.33. The summed E-state index contributed by atoms with van der Waals surface area (Å²) < 4.78 is 38.7. The van der Waals surface area contributed by atoms with Crippen LogP contribution in [-0.2, 0) is 23.0 Å². The molecule has 1 aliphatic heterocycles. The van der Waals surface area contributed by atoms with Gasteiger partial charge in [-0.2, -0.15) is 4.31 Å². The van der Waals surface area contributed by atoms with E-state index in [0.29, 0.717) is 22.2 Å². The standard InChI is InChI=1S/C19H16Cl2N2O4S/c1-26-17-7-6-14(21)10-18(17)28(24,25)23-9-8-16-15(11-23)19(27-22-16)12-2-4-13(20)5-3-12/h2-7,10H,8-9,11H2,1H3. The third kappa shape index (κ3) is 3.39. The van der Waals surface area contributed by atoms with Crippen molar-refractivity contribution in [3.8, 4) is 17.1 Å². The van der Waals surface area contributed by atoms with Crippen LogP contribution in [0.15, 0.2) is 51.9 Å². The molecule has 0 fully saturated rings. The molecule has 6 nitrogen and oxygen atoms in total. The van der Waals surface area contributed by atoms with Crippen LogP contribution in [0.1, 0.15) is 11.3 Å². The molecule has 0 spiro atoms. The molecule has 1 aliphatic rings. The Bertz CT molecular complexity index is 1130. The monoisotopic (exact) mass is 438 g/mol. The highest BCUT2D eigenvalue weighted by Crippen LogP contribution is 2.35. The van der Waals surface area contributed by atoms with Crippen molar-refractivity contribution in [1.29, 1.82) is 0 Å². The van der Waals surface area contributed by atoms with E-state index in [1.807, 2.05) is 12.1 Å². The van der Waals surface area contributed by atoms with Crippen LogP contribution in [0.2, 0.25) is 10.0 Å². The fourth-order valence-electron chi connectivity index (χ4n) is 3.21. The van der Waals surface area contributed by atoms with Gasteiger partial charge in [-0.05, 0) is 42.5 Å². The predicted molar refractivity (Wildman–Crippen MR) is 106 cm³/mol. The first-order valence-electron chi connectivity index (χ1n) is 8.47. The van der Waals surface area contributed by atoms with Gasteiger partial charge in [0.2, 0.25) is 10.0 Å². The number of hydrogen-bond acceptors (Lipinski definition) is 5. The zero-order valence-corrected chi connectivity index (χ0v) is 17.2. The second kappa shape index (κ2) is 7.40. The smallest absolute Gasteiger partial charge is 0.247 e. The van der Waals surface area contributed by atoms with Crippen LogP contribution in [0.25, 0.3) is 11.3 Å². The number of fused-ring (bicyclic) bond motifs is 1. The lowest BCUT2D eigenvalue weighted by molar-refractivity contribution is 0.375. The van der Waals surface area contributed by atoms with Gasteiger partial charge in [0.05, 0.1) is 12.8 Å². The minimum absolute atomic E-state index is 0.0375. The Balaban J connectivity index is 1.72. The molecule has 9 heteroatoms. The lowest BCUT2D eigenvalue weighted by Gasteiger charge is -2.26. The van der Waals surface area contributed by atoms with Gasteiger partial charge in [-0.1, -0.05) is 28.4 Å². The van der Waals surface area contributed by atoms with Gasteiger partial charge in [0.15, 0.2) is 5.76 Å². The van der Waals surface area contributed by atoms with Gasteiger partial charge >= 0.3 is 0 Å². The average Bonchev–Trinajstić information content (AvgIpc) is 3.12. The number of benzene rings is 2. The van der Waals surface area contributed by atoms with Crippen LogP contribution in [0.3, 0.4) is 0 Å². The van der Waals surface area contributed by atoms with E-state index in [2.05, 4.69) is 5.16 Å². The third-order valence-corrected chi connectivity index (χ3v) is 7.01. The first-order valence-corrected chi connectivity index (χ1v) is 10.7. The maximum absolute atomic E-state index is 13.3. The Morgan fingerprint density at radius 1 is 1.11 bits per heavy atom. The molecule has 2 heterocycles. The first-order chi connectivity index (χ1) is 13.4. The zero-order valence-electron chi connectivity index (χ0n) is 14.9. The van der Waals surface area contributed by atoms with Crippen molar-refractivity contribution < 1.29 is 17.7 Å². The molecule has 0 saturated carbocycles. The molecule has 0 amide bonds. The summed E-state index contributed by atoms with van der Waals surface area (Å²) in [5, 5.41) is 5.05. The molecular weight excluding hydrogens is 423 g/mol. The maximum Gasteiger partial charge on any atom is 0.247 e. The minimum Gasteiger partial charge on any atom is -0.495 e. The quantitative estimate of drug-likeness (QED) is 0.603. The number of halogens is 2. The predicted octanol–water partition coefficient (Wildman–Crippen LogP) is 4.40. The summed E-state index contributed by atoms with van der Waals surface area (Å²) in [5.41, 5.74) is 2.30. The number of aromatic nitrogens is 1. The van der Waals surface area contributed by atoms with E-state index >= 15 is 0 Å². The summed E-state index contributed by atoms with van der Waals surface area (Å²) in [5.74, 6) is 0.795. The number of sulfonamides is 1.